The van der Waals surface area contributed by atoms with E-state index in [1.54, 1.807) is 0 Å². The summed E-state index contributed by atoms with van der Waals surface area (Å²) < 4.78 is 5.08. The van der Waals surface area contributed by atoms with Crippen molar-refractivity contribution in [1.29, 1.82) is 0 Å². The first-order valence-electron chi connectivity index (χ1n) is 4.73. The topological polar surface area (TPSA) is 66.8 Å². The second kappa shape index (κ2) is 5.59. The molecule has 0 aromatic heterocycles. The first-order valence-corrected chi connectivity index (χ1v) is 4.73. The zero-order valence-corrected chi connectivity index (χ0v) is 8.02. The molecule has 1 N–H and O–H groups in total. The summed E-state index contributed by atoms with van der Waals surface area (Å²) >= 11 is 0. The highest BCUT2D eigenvalue weighted by atomic mass is 16.5. The Morgan fingerprint density at radius 2 is 2.14 bits per heavy atom. The van der Waals surface area contributed by atoms with Crippen molar-refractivity contribution < 1.29 is 19.4 Å². The van der Waals surface area contributed by atoms with Crippen molar-refractivity contribution in [1.82, 2.24) is 4.90 Å². The number of rotatable bonds is 4. The van der Waals surface area contributed by atoms with Crippen LogP contribution in [-0.2, 0) is 9.53 Å². The average Bonchev–Trinajstić information content (AvgIpc) is 2.19. The Morgan fingerprint density at radius 1 is 1.50 bits per heavy atom. The van der Waals surface area contributed by atoms with Gasteiger partial charge in [0.05, 0.1) is 6.61 Å². The smallest absolute Gasteiger partial charge is 0.407 e. The minimum Gasteiger partial charge on any atom is -0.465 e. The van der Waals surface area contributed by atoms with Crippen molar-refractivity contribution in [2.75, 3.05) is 26.3 Å². The molecular weight excluding hydrogens is 186 g/mol. The number of amides is 1. The molecule has 0 atom stereocenters. The van der Waals surface area contributed by atoms with E-state index in [2.05, 4.69) is 0 Å². The predicted octanol–water partition coefficient (Wildman–Crippen LogP) is 0.592. The summed E-state index contributed by atoms with van der Waals surface area (Å²) in [7, 11) is 0. The van der Waals surface area contributed by atoms with Crippen LogP contribution in [0.3, 0.4) is 0 Å². The Morgan fingerprint density at radius 3 is 2.64 bits per heavy atom. The molecule has 0 radical (unpaired) electrons. The maximum absolute atomic E-state index is 10.6. The molecule has 1 saturated heterocycles. The largest absolute Gasteiger partial charge is 0.465 e. The molecule has 0 aromatic rings. The van der Waals surface area contributed by atoms with Crippen molar-refractivity contribution >= 4 is 12.4 Å². The molecular formula is C9H15NO4. The Balaban J connectivity index is 2.15. The molecule has 1 amide bonds. The minimum absolute atomic E-state index is 0.138. The molecule has 0 aromatic carbocycles. The molecule has 0 aliphatic carbocycles. The van der Waals surface area contributed by atoms with Gasteiger partial charge in [0.2, 0.25) is 0 Å². The average molecular weight is 201 g/mol. The maximum Gasteiger partial charge on any atom is 0.407 e. The van der Waals surface area contributed by atoms with Crippen LogP contribution >= 0.6 is 0 Å². The van der Waals surface area contributed by atoms with Crippen LogP contribution in [0, 0.1) is 5.92 Å². The summed E-state index contributed by atoms with van der Waals surface area (Å²) in [5.41, 5.74) is 0. The molecule has 0 spiro atoms. The number of piperidine rings is 1. The number of likely N-dealkylation sites (tertiary alicyclic amines) is 1. The number of carbonyl (C=O) groups is 2. The number of hydrogen-bond acceptors (Lipinski definition) is 3. The van der Waals surface area contributed by atoms with Crippen LogP contribution in [0.15, 0.2) is 0 Å². The fourth-order valence-electron chi connectivity index (χ4n) is 1.57. The van der Waals surface area contributed by atoms with E-state index in [9.17, 15) is 9.59 Å². The monoisotopic (exact) mass is 201 g/mol. The first-order chi connectivity index (χ1) is 6.74. The lowest BCUT2D eigenvalue weighted by atomic mass is 9.98. The van der Waals surface area contributed by atoms with Gasteiger partial charge in [0.1, 0.15) is 12.9 Å². The van der Waals surface area contributed by atoms with Gasteiger partial charge >= 0.3 is 6.09 Å². The molecule has 14 heavy (non-hydrogen) atoms. The third-order valence-electron chi connectivity index (χ3n) is 2.42. The lowest BCUT2D eigenvalue weighted by molar-refractivity contribution is -0.112. The molecule has 1 heterocycles. The van der Waals surface area contributed by atoms with E-state index in [1.165, 1.54) is 4.90 Å². The molecule has 0 bridgehead atoms. The number of carboxylic acid groups (broad SMARTS) is 1. The van der Waals surface area contributed by atoms with Crippen molar-refractivity contribution in [3.8, 4) is 0 Å². The van der Waals surface area contributed by atoms with Gasteiger partial charge in [0, 0.05) is 13.1 Å². The molecule has 1 fully saturated rings. The second-order valence-corrected chi connectivity index (χ2v) is 3.42. The fourth-order valence-corrected chi connectivity index (χ4v) is 1.57. The van der Waals surface area contributed by atoms with Gasteiger partial charge in [-0.25, -0.2) is 4.79 Å². The highest BCUT2D eigenvalue weighted by molar-refractivity contribution is 5.64. The third kappa shape index (κ3) is 3.33. The van der Waals surface area contributed by atoms with E-state index in [0.29, 0.717) is 25.6 Å². The molecule has 5 nitrogen and oxygen atoms in total. The minimum atomic E-state index is -0.850. The zero-order valence-electron chi connectivity index (χ0n) is 8.02. The van der Waals surface area contributed by atoms with Crippen LogP contribution in [-0.4, -0.2) is 48.7 Å². The van der Waals surface area contributed by atoms with Gasteiger partial charge in [0.25, 0.3) is 0 Å². The Labute approximate surface area is 82.6 Å². The van der Waals surface area contributed by atoms with Gasteiger partial charge < -0.3 is 19.5 Å². The van der Waals surface area contributed by atoms with Crippen molar-refractivity contribution in [2.45, 2.75) is 12.8 Å². The summed E-state index contributed by atoms with van der Waals surface area (Å²) in [5.74, 6) is 0.394. The van der Waals surface area contributed by atoms with Gasteiger partial charge in [0.15, 0.2) is 0 Å². The molecule has 80 valence electrons. The Kier molecular flexibility index (Phi) is 4.39. The highest BCUT2D eigenvalue weighted by Gasteiger charge is 2.21. The molecule has 1 aliphatic heterocycles. The van der Waals surface area contributed by atoms with Gasteiger partial charge in [-0.15, -0.1) is 0 Å². The summed E-state index contributed by atoms with van der Waals surface area (Å²) in [6.07, 6.45) is 1.53. The standard InChI is InChI=1S/C9H15NO4/c11-5-6-14-7-8-1-3-10(4-2-8)9(12)13/h5,8H,1-4,6-7H2,(H,12,13). The number of ether oxygens (including phenoxy) is 1. The lowest BCUT2D eigenvalue weighted by Crippen LogP contribution is -2.38. The fraction of sp³-hybridized carbons (Fsp3) is 0.778. The first kappa shape index (κ1) is 11.0. The van der Waals surface area contributed by atoms with Crippen LogP contribution in [0.25, 0.3) is 0 Å². The Bertz CT molecular complexity index is 199. The molecule has 1 aliphatic rings. The number of carbonyl (C=O) groups excluding carboxylic acids is 1. The summed E-state index contributed by atoms with van der Waals surface area (Å²) in [5, 5.41) is 8.69. The SMILES string of the molecule is O=CCOCC1CCN(C(=O)O)CC1. The van der Waals surface area contributed by atoms with Gasteiger partial charge in [-0.2, -0.15) is 0 Å². The third-order valence-corrected chi connectivity index (χ3v) is 2.42. The van der Waals surface area contributed by atoms with Crippen LogP contribution in [0.4, 0.5) is 4.79 Å². The summed E-state index contributed by atoms with van der Waals surface area (Å²) in [4.78, 5) is 22.0. The van der Waals surface area contributed by atoms with Gasteiger partial charge in [-0.3, -0.25) is 0 Å². The van der Waals surface area contributed by atoms with Gasteiger partial charge in [-0.05, 0) is 18.8 Å². The lowest BCUT2D eigenvalue weighted by Gasteiger charge is -2.29. The van der Waals surface area contributed by atoms with Crippen molar-refractivity contribution in [3.63, 3.8) is 0 Å². The normalized spacial score (nSPS) is 18.1. The molecule has 5 heteroatoms. The number of hydrogen-bond donors (Lipinski definition) is 1. The summed E-state index contributed by atoms with van der Waals surface area (Å²) in [6.45, 7) is 1.85. The predicted molar refractivity (Wildman–Crippen MR) is 49.2 cm³/mol. The van der Waals surface area contributed by atoms with Crippen LogP contribution in [0.5, 0.6) is 0 Å². The quantitative estimate of drug-likeness (QED) is 0.534. The van der Waals surface area contributed by atoms with E-state index in [4.69, 9.17) is 9.84 Å². The second-order valence-electron chi connectivity index (χ2n) is 3.42. The van der Waals surface area contributed by atoms with E-state index in [0.717, 1.165) is 19.1 Å². The molecule has 1 rings (SSSR count). The molecule has 0 unspecified atom stereocenters. The van der Waals surface area contributed by atoms with Crippen LogP contribution < -0.4 is 0 Å². The number of aldehydes is 1. The van der Waals surface area contributed by atoms with E-state index >= 15 is 0 Å². The van der Waals surface area contributed by atoms with E-state index < -0.39 is 6.09 Å². The molecule has 0 saturated carbocycles. The van der Waals surface area contributed by atoms with Crippen LogP contribution in [0.2, 0.25) is 0 Å². The summed E-state index contributed by atoms with van der Waals surface area (Å²) in [6, 6.07) is 0. The number of nitrogens with zero attached hydrogens (tertiary/aromatic N) is 1. The van der Waals surface area contributed by atoms with Crippen molar-refractivity contribution in [3.05, 3.63) is 0 Å². The van der Waals surface area contributed by atoms with E-state index in [-0.39, 0.29) is 6.61 Å². The van der Waals surface area contributed by atoms with Crippen molar-refractivity contribution in [2.24, 2.45) is 5.92 Å². The Hall–Kier alpha value is -1.10. The zero-order chi connectivity index (χ0) is 10.4. The highest BCUT2D eigenvalue weighted by Crippen LogP contribution is 2.17. The van der Waals surface area contributed by atoms with E-state index in [1.807, 2.05) is 0 Å². The maximum atomic E-state index is 10.6. The van der Waals surface area contributed by atoms with Gasteiger partial charge in [-0.1, -0.05) is 0 Å². The van der Waals surface area contributed by atoms with Crippen LogP contribution in [0.1, 0.15) is 12.8 Å².